The fraction of sp³-hybridized carbons (Fsp3) is 0.267. The molecule has 0 aliphatic heterocycles. The van der Waals surface area contributed by atoms with Crippen molar-refractivity contribution >= 4 is 17.3 Å². The van der Waals surface area contributed by atoms with Crippen molar-refractivity contribution in [2.75, 3.05) is 11.1 Å². The Balaban J connectivity index is 2.26. The molecule has 0 bridgehead atoms. The second kappa shape index (κ2) is 6.09. The first kappa shape index (κ1) is 14.6. The van der Waals surface area contributed by atoms with Gasteiger partial charge >= 0.3 is 0 Å². The molecule has 6 nitrogen and oxygen atoms in total. The van der Waals surface area contributed by atoms with Gasteiger partial charge < -0.3 is 11.1 Å². The Labute approximate surface area is 123 Å². The highest BCUT2D eigenvalue weighted by atomic mass is 16.2. The van der Waals surface area contributed by atoms with E-state index in [-0.39, 0.29) is 5.91 Å². The third kappa shape index (κ3) is 3.03. The lowest BCUT2D eigenvalue weighted by molar-refractivity contribution is 0.101. The molecule has 1 aromatic carbocycles. The van der Waals surface area contributed by atoms with E-state index in [1.807, 2.05) is 19.9 Å². The number of nitrogens with one attached hydrogen (secondary N) is 1. The summed E-state index contributed by atoms with van der Waals surface area (Å²) in [7, 11) is 0. The number of nitrogen functional groups attached to an aromatic ring is 1. The first-order valence-corrected chi connectivity index (χ1v) is 6.76. The van der Waals surface area contributed by atoms with Gasteiger partial charge in [0.25, 0.3) is 5.91 Å². The largest absolute Gasteiger partial charge is 0.397 e. The van der Waals surface area contributed by atoms with Gasteiger partial charge in [0, 0.05) is 6.54 Å². The second-order valence-electron chi connectivity index (χ2n) is 4.56. The number of nitriles is 1. The average Bonchev–Trinajstić information content (AvgIpc) is 2.92. The fourth-order valence-electron chi connectivity index (χ4n) is 2.00. The maximum Gasteiger partial charge on any atom is 0.273 e. The molecule has 0 unspecified atom stereocenters. The molecule has 0 aliphatic carbocycles. The van der Waals surface area contributed by atoms with Crippen LogP contribution in [-0.2, 0) is 13.0 Å². The van der Waals surface area contributed by atoms with E-state index in [0.29, 0.717) is 29.2 Å². The Morgan fingerprint density at radius 2 is 2.19 bits per heavy atom. The minimum Gasteiger partial charge on any atom is -0.397 e. The van der Waals surface area contributed by atoms with Gasteiger partial charge in [-0.2, -0.15) is 10.4 Å². The van der Waals surface area contributed by atoms with Crippen LogP contribution in [0.4, 0.5) is 11.4 Å². The summed E-state index contributed by atoms with van der Waals surface area (Å²) in [6, 6.07) is 8.55. The Kier molecular flexibility index (Phi) is 4.24. The number of benzene rings is 1. The van der Waals surface area contributed by atoms with Crippen LogP contribution in [0.1, 0.15) is 35.6 Å². The zero-order valence-corrected chi connectivity index (χ0v) is 12.1. The van der Waals surface area contributed by atoms with E-state index in [9.17, 15) is 4.79 Å². The first-order chi connectivity index (χ1) is 10.1. The number of carbonyl (C=O) groups is 1. The Morgan fingerprint density at radius 1 is 1.43 bits per heavy atom. The summed E-state index contributed by atoms with van der Waals surface area (Å²) in [6.45, 7) is 4.54. The molecule has 21 heavy (non-hydrogen) atoms. The van der Waals surface area contributed by atoms with E-state index in [4.69, 9.17) is 11.0 Å². The summed E-state index contributed by atoms with van der Waals surface area (Å²) in [5, 5.41) is 15.9. The van der Waals surface area contributed by atoms with Crippen LogP contribution in [0, 0.1) is 11.3 Å². The fourth-order valence-corrected chi connectivity index (χ4v) is 2.00. The molecule has 6 heteroatoms. The van der Waals surface area contributed by atoms with Gasteiger partial charge in [0.2, 0.25) is 0 Å². The van der Waals surface area contributed by atoms with Gasteiger partial charge in [-0.05, 0) is 37.6 Å². The van der Waals surface area contributed by atoms with Crippen molar-refractivity contribution in [2.24, 2.45) is 0 Å². The molecule has 2 rings (SSSR count). The van der Waals surface area contributed by atoms with Crippen molar-refractivity contribution in [3.63, 3.8) is 0 Å². The van der Waals surface area contributed by atoms with Gasteiger partial charge in [-0.1, -0.05) is 6.92 Å². The third-order valence-electron chi connectivity index (χ3n) is 3.15. The monoisotopic (exact) mass is 283 g/mol. The molecule has 2 aromatic rings. The number of rotatable bonds is 4. The number of carbonyl (C=O) groups excluding carboxylic acids is 1. The Morgan fingerprint density at radius 3 is 2.76 bits per heavy atom. The van der Waals surface area contributed by atoms with Gasteiger partial charge in [0.05, 0.1) is 28.7 Å². The lowest BCUT2D eigenvalue weighted by atomic mass is 10.2. The van der Waals surface area contributed by atoms with Crippen LogP contribution in [0.15, 0.2) is 24.3 Å². The predicted molar refractivity (Wildman–Crippen MR) is 80.8 cm³/mol. The summed E-state index contributed by atoms with van der Waals surface area (Å²) in [5.74, 6) is -0.263. The zero-order chi connectivity index (χ0) is 15.4. The predicted octanol–water partition coefficient (Wildman–Crippen LogP) is 2.17. The van der Waals surface area contributed by atoms with Crippen molar-refractivity contribution in [3.8, 4) is 6.07 Å². The Hall–Kier alpha value is -2.81. The molecule has 0 saturated heterocycles. The average molecular weight is 283 g/mol. The highest BCUT2D eigenvalue weighted by Crippen LogP contribution is 2.20. The maximum atomic E-state index is 12.3. The molecule has 0 saturated carbocycles. The number of nitrogens with two attached hydrogens (primary N) is 1. The number of nitrogens with zero attached hydrogens (tertiary/aromatic N) is 3. The van der Waals surface area contributed by atoms with Crippen molar-refractivity contribution < 1.29 is 4.79 Å². The van der Waals surface area contributed by atoms with Crippen molar-refractivity contribution in [1.82, 2.24) is 9.78 Å². The molecule has 0 atom stereocenters. The van der Waals surface area contributed by atoms with Crippen LogP contribution < -0.4 is 11.1 Å². The maximum absolute atomic E-state index is 12.3. The second-order valence-corrected chi connectivity index (χ2v) is 4.56. The number of aromatic nitrogens is 2. The van der Waals surface area contributed by atoms with Crippen molar-refractivity contribution in [2.45, 2.75) is 26.8 Å². The van der Waals surface area contributed by atoms with Crippen LogP contribution in [0.25, 0.3) is 0 Å². The molecule has 108 valence electrons. The van der Waals surface area contributed by atoms with E-state index < -0.39 is 0 Å². The molecule has 0 spiro atoms. The van der Waals surface area contributed by atoms with E-state index in [2.05, 4.69) is 10.4 Å². The normalized spacial score (nSPS) is 10.1. The minimum atomic E-state index is -0.263. The molecule has 0 fully saturated rings. The zero-order valence-electron chi connectivity index (χ0n) is 12.1. The molecular formula is C15H17N5O. The number of hydrogen-bond acceptors (Lipinski definition) is 4. The number of amides is 1. The summed E-state index contributed by atoms with van der Waals surface area (Å²) in [4.78, 5) is 12.3. The van der Waals surface area contributed by atoms with Crippen LogP contribution >= 0.6 is 0 Å². The van der Waals surface area contributed by atoms with Crippen LogP contribution in [-0.4, -0.2) is 15.7 Å². The van der Waals surface area contributed by atoms with Gasteiger partial charge in [0.1, 0.15) is 5.69 Å². The highest BCUT2D eigenvalue weighted by molar-refractivity contribution is 6.04. The van der Waals surface area contributed by atoms with E-state index >= 15 is 0 Å². The molecule has 0 aliphatic rings. The van der Waals surface area contributed by atoms with Crippen LogP contribution in [0.5, 0.6) is 0 Å². The quantitative estimate of drug-likeness (QED) is 0.840. The lowest BCUT2D eigenvalue weighted by Gasteiger charge is -2.09. The molecule has 1 aromatic heterocycles. The minimum absolute atomic E-state index is 0.263. The molecule has 0 radical (unpaired) electrons. The summed E-state index contributed by atoms with van der Waals surface area (Å²) < 4.78 is 1.66. The third-order valence-corrected chi connectivity index (χ3v) is 3.15. The van der Waals surface area contributed by atoms with Crippen molar-refractivity contribution in [3.05, 3.63) is 41.2 Å². The Bertz CT molecular complexity index is 711. The molecular weight excluding hydrogens is 266 g/mol. The highest BCUT2D eigenvalue weighted by Gasteiger charge is 2.15. The van der Waals surface area contributed by atoms with E-state index in [1.54, 1.807) is 22.9 Å². The standard InChI is InChI=1S/C15H17N5O/c1-3-11-8-14(20(4-2)19-11)15(21)18-13-6-5-10(9-16)7-12(13)17/h5-8H,3-4,17H2,1-2H3,(H,18,21). The van der Waals surface area contributed by atoms with E-state index in [1.165, 1.54) is 6.07 Å². The summed E-state index contributed by atoms with van der Waals surface area (Å²) in [5.41, 5.74) is 8.51. The SMILES string of the molecule is CCc1cc(C(=O)Nc2ccc(C#N)cc2N)n(CC)n1. The van der Waals surface area contributed by atoms with Gasteiger partial charge in [-0.15, -0.1) is 0 Å². The molecule has 1 amide bonds. The number of aryl methyl sites for hydroxylation is 2. The summed E-state index contributed by atoms with van der Waals surface area (Å²) >= 11 is 0. The van der Waals surface area contributed by atoms with Crippen LogP contribution in [0.3, 0.4) is 0 Å². The topological polar surface area (TPSA) is 96.7 Å². The van der Waals surface area contributed by atoms with Gasteiger partial charge in [0.15, 0.2) is 0 Å². The number of hydrogen-bond donors (Lipinski definition) is 2. The first-order valence-electron chi connectivity index (χ1n) is 6.76. The lowest BCUT2D eigenvalue weighted by Crippen LogP contribution is -2.18. The van der Waals surface area contributed by atoms with Crippen LogP contribution in [0.2, 0.25) is 0 Å². The van der Waals surface area contributed by atoms with E-state index in [0.717, 1.165) is 12.1 Å². The molecule has 3 N–H and O–H groups in total. The van der Waals surface area contributed by atoms with Crippen molar-refractivity contribution in [1.29, 1.82) is 5.26 Å². The summed E-state index contributed by atoms with van der Waals surface area (Å²) in [6.07, 6.45) is 0.770. The molecule has 1 heterocycles. The number of anilines is 2. The van der Waals surface area contributed by atoms with Gasteiger partial charge in [-0.3, -0.25) is 9.48 Å². The smallest absolute Gasteiger partial charge is 0.273 e. The van der Waals surface area contributed by atoms with Gasteiger partial charge in [-0.25, -0.2) is 0 Å².